The van der Waals surface area contributed by atoms with E-state index in [2.05, 4.69) is 0 Å². The van der Waals surface area contributed by atoms with Crippen molar-refractivity contribution in [3.8, 4) is 0 Å². The van der Waals surface area contributed by atoms with E-state index in [1.165, 1.54) is 10.6 Å². The molecule has 0 aromatic rings. The highest BCUT2D eigenvalue weighted by Crippen LogP contribution is 2.33. The average molecular weight is 217 g/mol. The minimum absolute atomic E-state index is 0.143. The second kappa shape index (κ2) is 3.31. The molecule has 4 nitrogen and oxygen atoms in total. The Morgan fingerprint density at radius 1 is 1.29 bits per heavy atom. The topological polar surface area (TPSA) is 54.5 Å². The van der Waals surface area contributed by atoms with Gasteiger partial charge in [0, 0.05) is 12.5 Å². The number of rotatable bonds is 3. The summed E-state index contributed by atoms with van der Waals surface area (Å²) in [5, 5.41) is 0. The van der Waals surface area contributed by atoms with Crippen molar-refractivity contribution in [2.45, 2.75) is 31.7 Å². The Morgan fingerprint density at radius 2 is 1.93 bits per heavy atom. The van der Waals surface area contributed by atoms with E-state index >= 15 is 0 Å². The number of carbonyl (C=O) groups excluding carboxylic acids is 1. The third kappa shape index (κ3) is 1.59. The van der Waals surface area contributed by atoms with Gasteiger partial charge in [-0.15, -0.1) is 0 Å². The van der Waals surface area contributed by atoms with Crippen LogP contribution < -0.4 is 0 Å². The molecule has 2 aliphatic rings. The van der Waals surface area contributed by atoms with E-state index in [1.54, 1.807) is 0 Å². The van der Waals surface area contributed by atoms with Crippen LogP contribution in [0.15, 0.2) is 0 Å². The summed E-state index contributed by atoms with van der Waals surface area (Å²) in [4.78, 5) is 11.8. The first kappa shape index (κ1) is 10.1. The van der Waals surface area contributed by atoms with Crippen LogP contribution in [0.25, 0.3) is 0 Å². The third-order valence-electron chi connectivity index (χ3n) is 3.23. The van der Waals surface area contributed by atoms with Gasteiger partial charge in [-0.25, -0.2) is 8.42 Å². The van der Waals surface area contributed by atoms with Crippen molar-refractivity contribution >= 4 is 15.8 Å². The summed E-state index contributed by atoms with van der Waals surface area (Å²) in [7, 11) is -3.17. The van der Waals surface area contributed by atoms with Gasteiger partial charge in [-0.3, -0.25) is 4.79 Å². The van der Waals surface area contributed by atoms with Crippen LogP contribution >= 0.6 is 0 Å². The maximum atomic E-state index is 11.8. The number of sulfonamides is 1. The minimum Gasteiger partial charge on any atom is -0.298 e. The minimum atomic E-state index is -3.17. The van der Waals surface area contributed by atoms with Crippen molar-refractivity contribution in [3.05, 3.63) is 0 Å². The van der Waals surface area contributed by atoms with Gasteiger partial charge in [-0.05, 0) is 19.3 Å². The van der Waals surface area contributed by atoms with Gasteiger partial charge in [-0.2, -0.15) is 4.31 Å². The number of hydrogen-bond acceptors (Lipinski definition) is 3. The molecular weight excluding hydrogens is 202 g/mol. The summed E-state index contributed by atoms with van der Waals surface area (Å²) in [6.07, 6.45) is 4.90. The van der Waals surface area contributed by atoms with Gasteiger partial charge in [0.2, 0.25) is 10.0 Å². The zero-order valence-corrected chi connectivity index (χ0v) is 9.09. The molecule has 2 rings (SSSR count). The van der Waals surface area contributed by atoms with E-state index < -0.39 is 10.0 Å². The lowest BCUT2D eigenvalue weighted by atomic mass is 9.78. The van der Waals surface area contributed by atoms with Crippen molar-refractivity contribution in [1.29, 1.82) is 0 Å². The van der Waals surface area contributed by atoms with Gasteiger partial charge in [-0.1, -0.05) is 6.42 Å². The van der Waals surface area contributed by atoms with Gasteiger partial charge < -0.3 is 0 Å². The molecular formula is C9H15NO3S. The summed E-state index contributed by atoms with van der Waals surface area (Å²) in [6.45, 7) is 0.516. The van der Waals surface area contributed by atoms with Crippen LogP contribution in [0.3, 0.4) is 0 Å². The van der Waals surface area contributed by atoms with Gasteiger partial charge >= 0.3 is 0 Å². The zero-order chi connectivity index (χ0) is 10.3. The molecule has 0 aromatic carbocycles. The van der Waals surface area contributed by atoms with Crippen LogP contribution in [0, 0.1) is 5.92 Å². The average Bonchev–Trinajstić information content (AvgIpc) is 1.73. The molecule has 1 aliphatic carbocycles. The maximum absolute atomic E-state index is 11.8. The highest BCUT2D eigenvalue weighted by atomic mass is 32.2. The fourth-order valence-electron chi connectivity index (χ4n) is 2.01. The van der Waals surface area contributed by atoms with Crippen molar-refractivity contribution < 1.29 is 13.2 Å². The summed E-state index contributed by atoms with van der Waals surface area (Å²) in [5.74, 6) is 0.289. The number of carbonyl (C=O) groups is 1. The third-order valence-corrected chi connectivity index (χ3v) is 4.52. The Hall–Kier alpha value is -0.420. The maximum Gasteiger partial charge on any atom is 0.211 e. The molecule has 0 bridgehead atoms. The molecule has 14 heavy (non-hydrogen) atoms. The molecule has 1 saturated carbocycles. The lowest BCUT2D eigenvalue weighted by Crippen LogP contribution is -2.56. The van der Waals surface area contributed by atoms with Gasteiger partial charge in [0.25, 0.3) is 0 Å². The molecule has 0 amide bonds. The van der Waals surface area contributed by atoms with Crippen LogP contribution in [0.1, 0.15) is 25.7 Å². The van der Waals surface area contributed by atoms with Crippen molar-refractivity contribution in [1.82, 2.24) is 4.31 Å². The molecule has 1 aliphatic heterocycles. The fraction of sp³-hybridized carbons (Fsp3) is 0.889. The summed E-state index contributed by atoms with van der Waals surface area (Å²) >= 11 is 0. The van der Waals surface area contributed by atoms with Crippen LogP contribution in [0.5, 0.6) is 0 Å². The Labute approximate surface area is 84.3 Å². The lowest BCUT2D eigenvalue weighted by Gasteiger charge is -2.40. The SMILES string of the molecule is CS(=O)(=O)N1CCC1C(=O)C1CCC1. The number of hydrogen-bond donors (Lipinski definition) is 0. The summed E-state index contributed by atoms with van der Waals surface area (Å²) < 4.78 is 23.8. The Kier molecular flexibility index (Phi) is 2.39. The molecule has 0 aromatic heterocycles. The molecule has 0 N–H and O–H groups in total. The first-order chi connectivity index (χ1) is 6.50. The zero-order valence-electron chi connectivity index (χ0n) is 8.27. The Bertz CT molecular complexity index is 345. The molecule has 0 spiro atoms. The largest absolute Gasteiger partial charge is 0.298 e. The van der Waals surface area contributed by atoms with E-state index in [0.717, 1.165) is 19.3 Å². The highest BCUT2D eigenvalue weighted by molar-refractivity contribution is 7.88. The van der Waals surface area contributed by atoms with Crippen molar-refractivity contribution in [2.75, 3.05) is 12.8 Å². The van der Waals surface area contributed by atoms with Crippen LogP contribution in [-0.2, 0) is 14.8 Å². The predicted octanol–water partition coefficient (Wildman–Crippen LogP) is 0.389. The first-order valence-electron chi connectivity index (χ1n) is 5.00. The molecule has 1 unspecified atom stereocenters. The van der Waals surface area contributed by atoms with Crippen LogP contribution in [0.4, 0.5) is 0 Å². The monoisotopic (exact) mass is 217 g/mol. The van der Waals surface area contributed by atoms with Crippen molar-refractivity contribution in [3.63, 3.8) is 0 Å². The van der Waals surface area contributed by atoms with Gasteiger partial charge in [0.05, 0.1) is 12.3 Å². The van der Waals surface area contributed by atoms with Gasteiger partial charge in [0.1, 0.15) is 0 Å². The highest BCUT2D eigenvalue weighted by Gasteiger charge is 2.43. The summed E-state index contributed by atoms with van der Waals surface area (Å²) in [5.41, 5.74) is 0. The molecule has 2 fully saturated rings. The molecule has 0 radical (unpaired) electrons. The lowest BCUT2D eigenvalue weighted by molar-refractivity contribution is -0.131. The Balaban J connectivity index is 2.02. The quantitative estimate of drug-likeness (QED) is 0.687. The predicted molar refractivity (Wildman–Crippen MR) is 52.3 cm³/mol. The van der Waals surface area contributed by atoms with Crippen LogP contribution in [-0.4, -0.2) is 37.3 Å². The molecule has 1 heterocycles. The van der Waals surface area contributed by atoms with E-state index in [1.807, 2.05) is 0 Å². The normalized spacial score (nSPS) is 29.4. The number of ketones is 1. The molecule has 80 valence electrons. The van der Waals surface area contributed by atoms with E-state index in [4.69, 9.17) is 0 Å². The fourth-order valence-corrected chi connectivity index (χ4v) is 3.12. The van der Waals surface area contributed by atoms with E-state index in [-0.39, 0.29) is 17.7 Å². The number of nitrogens with zero attached hydrogens (tertiary/aromatic N) is 1. The standard InChI is InChI=1S/C9H15NO3S/c1-14(12,13)10-6-5-8(10)9(11)7-3-2-4-7/h7-8H,2-6H2,1H3. The smallest absolute Gasteiger partial charge is 0.211 e. The van der Waals surface area contributed by atoms with Gasteiger partial charge in [0.15, 0.2) is 5.78 Å². The molecule has 5 heteroatoms. The first-order valence-corrected chi connectivity index (χ1v) is 6.85. The summed E-state index contributed by atoms with van der Waals surface area (Å²) in [6, 6.07) is -0.338. The number of Topliss-reactive ketones (excluding diaryl/α,β-unsaturated/α-hetero) is 1. The van der Waals surface area contributed by atoms with Crippen LogP contribution in [0.2, 0.25) is 0 Å². The second-order valence-corrected chi connectivity index (χ2v) is 6.14. The van der Waals surface area contributed by atoms with E-state index in [9.17, 15) is 13.2 Å². The second-order valence-electron chi connectivity index (χ2n) is 4.21. The molecule has 1 saturated heterocycles. The van der Waals surface area contributed by atoms with Crippen molar-refractivity contribution in [2.24, 2.45) is 5.92 Å². The Morgan fingerprint density at radius 3 is 2.21 bits per heavy atom. The van der Waals surface area contributed by atoms with E-state index in [0.29, 0.717) is 13.0 Å². The molecule has 1 atom stereocenters.